The first-order valence-corrected chi connectivity index (χ1v) is 7.34. The molecule has 0 fully saturated rings. The molecule has 1 aliphatic rings. The molecule has 0 spiro atoms. The van der Waals surface area contributed by atoms with Crippen LogP contribution in [-0.2, 0) is 4.79 Å². The quantitative estimate of drug-likeness (QED) is 0.840. The summed E-state index contributed by atoms with van der Waals surface area (Å²) in [5, 5.41) is 2.61. The van der Waals surface area contributed by atoms with Gasteiger partial charge in [-0.3, -0.25) is 9.59 Å². The van der Waals surface area contributed by atoms with E-state index in [1.54, 1.807) is 6.07 Å². The van der Waals surface area contributed by atoms with Gasteiger partial charge in [-0.05, 0) is 40.4 Å². The smallest absolute Gasteiger partial charge is 0.296 e. The number of hydrogen-bond acceptors (Lipinski definition) is 3. The summed E-state index contributed by atoms with van der Waals surface area (Å²) in [5.41, 5.74) is 2.10. The highest BCUT2D eigenvalue weighted by Gasteiger charge is 2.31. The van der Waals surface area contributed by atoms with E-state index >= 15 is 0 Å². The molecule has 1 atom stereocenters. The normalized spacial score (nSPS) is 15.9. The molecule has 1 N–H and O–H groups in total. The second-order valence-corrected chi connectivity index (χ2v) is 7.14. The van der Waals surface area contributed by atoms with Crippen LogP contribution in [0.2, 0.25) is 0 Å². The average Bonchev–Trinajstić information content (AvgIpc) is 2.62. The molecular weight excluding hydrogens is 320 g/mol. The molecule has 0 bridgehead atoms. The highest BCUT2D eigenvalue weighted by molar-refractivity contribution is 9.10. The van der Waals surface area contributed by atoms with Crippen LogP contribution < -0.4 is 10.2 Å². The van der Waals surface area contributed by atoms with E-state index in [1.165, 1.54) is 0 Å². The Hall–Kier alpha value is -1.36. The third-order valence-corrected chi connectivity index (χ3v) is 4.64. The highest BCUT2D eigenvalue weighted by atomic mass is 79.9. The van der Waals surface area contributed by atoms with Gasteiger partial charge in [0.2, 0.25) is 0 Å². The predicted molar refractivity (Wildman–Crippen MR) is 84.4 cm³/mol. The Morgan fingerprint density at radius 1 is 1.25 bits per heavy atom. The number of ketones is 1. The Kier molecular flexibility index (Phi) is 3.67. The van der Waals surface area contributed by atoms with Gasteiger partial charge in [-0.15, -0.1) is 0 Å². The van der Waals surface area contributed by atoms with E-state index in [0.29, 0.717) is 17.3 Å². The summed E-state index contributed by atoms with van der Waals surface area (Å²) >= 11 is 3.50. The molecule has 1 amide bonds. The van der Waals surface area contributed by atoms with Crippen molar-refractivity contribution in [1.29, 1.82) is 0 Å². The van der Waals surface area contributed by atoms with Crippen molar-refractivity contribution < 1.29 is 9.59 Å². The van der Waals surface area contributed by atoms with Crippen molar-refractivity contribution in [2.24, 2.45) is 5.41 Å². The number of nitrogens with one attached hydrogen (secondary N) is 1. The molecule has 0 aliphatic carbocycles. The molecule has 1 aliphatic heterocycles. The first kappa shape index (κ1) is 15.0. The van der Waals surface area contributed by atoms with Gasteiger partial charge in [-0.1, -0.05) is 20.8 Å². The van der Waals surface area contributed by atoms with E-state index < -0.39 is 11.7 Å². The molecule has 1 unspecified atom stereocenters. The van der Waals surface area contributed by atoms with Crippen LogP contribution in [0.15, 0.2) is 16.6 Å². The fourth-order valence-electron chi connectivity index (χ4n) is 2.21. The minimum atomic E-state index is -0.560. The molecule has 1 aromatic carbocycles. The summed E-state index contributed by atoms with van der Waals surface area (Å²) in [4.78, 5) is 25.3. The van der Waals surface area contributed by atoms with Crippen LogP contribution in [0, 0.1) is 5.41 Å². The second-order valence-electron chi connectivity index (χ2n) is 6.29. The van der Waals surface area contributed by atoms with Gasteiger partial charge in [0.15, 0.2) is 0 Å². The van der Waals surface area contributed by atoms with Crippen LogP contribution in [0.5, 0.6) is 0 Å². The molecule has 1 heterocycles. The minimum Gasteiger partial charge on any atom is -0.370 e. The second kappa shape index (κ2) is 4.88. The van der Waals surface area contributed by atoms with Crippen LogP contribution in [0.25, 0.3) is 0 Å². The number of carbonyl (C=O) groups excluding carboxylic acids is 2. The van der Waals surface area contributed by atoms with Crippen LogP contribution in [0.3, 0.4) is 0 Å². The lowest BCUT2D eigenvalue weighted by atomic mass is 9.87. The Morgan fingerprint density at radius 2 is 1.85 bits per heavy atom. The fourth-order valence-corrected chi connectivity index (χ4v) is 2.84. The summed E-state index contributed by atoms with van der Waals surface area (Å²) in [6, 6.07) is 3.87. The molecule has 4 nitrogen and oxygen atoms in total. The van der Waals surface area contributed by atoms with Crippen molar-refractivity contribution in [3.8, 4) is 0 Å². The number of halogens is 1. The lowest BCUT2D eigenvalue weighted by molar-refractivity contribution is -0.112. The van der Waals surface area contributed by atoms with Crippen molar-refractivity contribution in [1.82, 2.24) is 0 Å². The Morgan fingerprint density at radius 3 is 2.40 bits per heavy atom. The molecule has 0 saturated heterocycles. The zero-order valence-electron chi connectivity index (χ0n) is 12.4. The summed E-state index contributed by atoms with van der Waals surface area (Å²) in [7, 11) is 2.01. The lowest BCUT2D eigenvalue weighted by Crippen LogP contribution is -2.39. The third kappa shape index (κ3) is 2.46. The van der Waals surface area contributed by atoms with Crippen molar-refractivity contribution in [3.63, 3.8) is 0 Å². The van der Waals surface area contributed by atoms with E-state index in [0.717, 1.165) is 10.2 Å². The Bertz CT molecular complexity index is 590. The number of anilines is 2. The summed E-state index contributed by atoms with van der Waals surface area (Å²) in [6.45, 7) is 8.70. The summed E-state index contributed by atoms with van der Waals surface area (Å²) in [5.74, 6) is -1.03. The molecule has 0 aromatic heterocycles. The van der Waals surface area contributed by atoms with Crippen molar-refractivity contribution in [2.45, 2.75) is 33.7 Å². The number of rotatable bonds is 2. The first-order valence-electron chi connectivity index (χ1n) is 6.55. The largest absolute Gasteiger partial charge is 0.370 e. The number of benzene rings is 1. The van der Waals surface area contributed by atoms with Gasteiger partial charge in [-0.2, -0.15) is 0 Å². The van der Waals surface area contributed by atoms with E-state index in [9.17, 15) is 9.59 Å². The van der Waals surface area contributed by atoms with Gasteiger partial charge in [0.1, 0.15) is 0 Å². The zero-order valence-corrected chi connectivity index (χ0v) is 14.0. The van der Waals surface area contributed by atoms with E-state index in [-0.39, 0.29) is 5.41 Å². The summed E-state index contributed by atoms with van der Waals surface area (Å²) in [6.07, 6.45) is 0. The van der Waals surface area contributed by atoms with E-state index in [4.69, 9.17) is 0 Å². The van der Waals surface area contributed by atoms with Crippen molar-refractivity contribution in [2.75, 3.05) is 17.3 Å². The van der Waals surface area contributed by atoms with Gasteiger partial charge >= 0.3 is 0 Å². The van der Waals surface area contributed by atoms with Gasteiger partial charge in [0, 0.05) is 17.6 Å². The van der Waals surface area contributed by atoms with Gasteiger partial charge in [-0.25, -0.2) is 0 Å². The maximum absolute atomic E-state index is 11.7. The monoisotopic (exact) mass is 338 g/mol. The molecule has 20 heavy (non-hydrogen) atoms. The van der Waals surface area contributed by atoms with Crippen LogP contribution in [0.4, 0.5) is 11.4 Å². The van der Waals surface area contributed by atoms with Crippen LogP contribution in [0.1, 0.15) is 38.1 Å². The maximum Gasteiger partial charge on any atom is 0.296 e. The Balaban J connectivity index is 2.43. The van der Waals surface area contributed by atoms with Gasteiger partial charge in [0.05, 0.1) is 16.9 Å². The van der Waals surface area contributed by atoms with Crippen molar-refractivity contribution in [3.05, 3.63) is 22.2 Å². The fraction of sp³-hybridized carbons (Fsp3) is 0.467. The Labute approximate surface area is 127 Å². The van der Waals surface area contributed by atoms with Gasteiger partial charge < -0.3 is 10.2 Å². The average molecular weight is 339 g/mol. The van der Waals surface area contributed by atoms with E-state index in [1.807, 2.05) is 13.1 Å². The van der Waals surface area contributed by atoms with Crippen LogP contribution >= 0.6 is 15.9 Å². The number of amides is 1. The predicted octanol–water partition coefficient (Wildman–Crippen LogP) is 3.45. The number of fused-ring (bicyclic) bond motifs is 1. The number of hydrogen-bond donors (Lipinski definition) is 1. The molecular formula is C15H19BrN2O2. The van der Waals surface area contributed by atoms with Crippen molar-refractivity contribution >= 4 is 39.0 Å². The number of nitrogens with zero attached hydrogens (tertiary/aromatic N) is 1. The maximum atomic E-state index is 11.7. The first-order chi connectivity index (χ1) is 9.12. The van der Waals surface area contributed by atoms with Crippen LogP contribution in [-0.4, -0.2) is 24.8 Å². The number of carbonyl (C=O) groups is 2. The standard InChI is InChI=1S/C15H19BrN2O2/c1-8(15(2,3)4)18(5)12-7-11-9(6-10(12)16)13(19)14(20)17-11/h6-8H,1-5H3,(H,17,19,20). The molecule has 108 valence electrons. The van der Waals surface area contributed by atoms with Gasteiger partial charge in [0.25, 0.3) is 11.7 Å². The zero-order chi connectivity index (χ0) is 15.2. The third-order valence-electron chi connectivity index (χ3n) is 4.00. The topological polar surface area (TPSA) is 49.4 Å². The molecule has 5 heteroatoms. The SMILES string of the molecule is CC(N(C)c1cc2c(cc1Br)C(=O)C(=O)N2)C(C)(C)C. The number of Topliss-reactive ketones (excluding diaryl/α,β-unsaturated/α-hetero) is 1. The molecule has 1 aromatic rings. The molecule has 0 saturated carbocycles. The minimum absolute atomic E-state index is 0.117. The highest BCUT2D eigenvalue weighted by Crippen LogP contribution is 2.37. The summed E-state index contributed by atoms with van der Waals surface area (Å²) < 4.78 is 0.819. The van der Waals surface area contributed by atoms with E-state index in [2.05, 4.69) is 53.8 Å². The lowest BCUT2D eigenvalue weighted by Gasteiger charge is -2.37. The molecule has 0 radical (unpaired) electrons. The molecule has 2 rings (SSSR count).